The molecule has 0 aliphatic carbocycles. The van der Waals surface area contributed by atoms with Gasteiger partial charge in [0.2, 0.25) is 0 Å². The lowest BCUT2D eigenvalue weighted by Gasteiger charge is -2.22. The zero-order valence-electron chi connectivity index (χ0n) is 17.5. The second-order valence-corrected chi connectivity index (χ2v) is 7.46. The number of imidazole rings is 1. The molecule has 0 amide bonds. The Kier molecular flexibility index (Phi) is 4.85. The van der Waals surface area contributed by atoms with Crippen LogP contribution in [0, 0.1) is 13.0 Å². The van der Waals surface area contributed by atoms with E-state index in [2.05, 4.69) is 25.3 Å². The highest BCUT2D eigenvalue weighted by atomic mass is 19.1. The van der Waals surface area contributed by atoms with Crippen molar-refractivity contribution in [2.75, 3.05) is 5.32 Å². The minimum Gasteiger partial charge on any atom is -0.358 e. The first-order valence-corrected chi connectivity index (χ1v) is 10.3. The maximum atomic E-state index is 14.0. The van der Waals surface area contributed by atoms with E-state index in [1.165, 1.54) is 6.33 Å². The van der Waals surface area contributed by atoms with Gasteiger partial charge in [-0.05, 0) is 37.1 Å². The highest BCUT2D eigenvalue weighted by Crippen LogP contribution is 2.26. The monoisotopic (exact) mass is 429 g/mol. The standard InChI is InChI=1S/C23H20FN7O/c1-3-15(27-20-18-19(26-12-25-18)29-23(24)30-20)21-28-16-11-7-8-13(2)17(16)22(32)31(21)14-9-5-4-6-10-14/h4-12,15H,3H2,1-2H3,(H2,25,26,27,29,30). The van der Waals surface area contributed by atoms with E-state index in [4.69, 9.17) is 4.98 Å². The average molecular weight is 429 g/mol. The summed E-state index contributed by atoms with van der Waals surface area (Å²) in [5.74, 6) is 0.767. The summed E-state index contributed by atoms with van der Waals surface area (Å²) in [7, 11) is 0. The molecule has 0 saturated carbocycles. The minimum absolute atomic E-state index is 0.157. The van der Waals surface area contributed by atoms with E-state index in [0.717, 1.165) is 5.56 Å². The molecule has 1 atom stereocenters. The number of anilines is 1. The van der Waals surface area contributed by atoms with Crippen LogP contribution in [0.2, 0.25) is 0 Å². The van der Waals surface area contributed by atoms with E-state index in [9.17, 15) is 9.18 Å². The second-order valence-electron chi connectivity index (χ2n) is 7.46. The first-order chi connectivity index (χ1) is 15.6. The van der Waals surface area contributed by atoms with E-state index >= 15 is 0 Å². The molecule has 160 valence electrons. The number of hydrogen-bond donors (Lipinski definition) is 2. The molecule has 0 bridgehead atoms. The van der Waals surface area contributed by atoms with Gasteiger partial charge in [-0.2, -0.15) is 14.4 Å². The van der Waals surface area contributed by atoms with E-state index in [0.29, 0.717) is 34.4 Å². The topological polar surface area (TPSA) is 101 Å². The fourth-order valence-corrected chi connectivity index (χ4v) is 3.90. The lowest BCUT2D eigenvalue weighted by atomic mass is 10.1. The van der Waals surface area contributed by atoms with Gasteiger partial charge in [-0.15, -0.1) is 0 Å². The predicted octanol–water partition coefficient (Wildman–Crippen LogP) is 4.06. The van der Waals surface area contributed by atoms with Gasteiger partial charge in [0, 0.05) is 0 Å². The Bertz CT molecular complexity index is 1490. The quantitative estimate of drug-likeness (QED) is 0.409. The molecule has 2 aromatic carbocycles. The van der Waals surface area contributed by atoms with Gasteiger partial charge in [-0.25, -0.2) is 9.97 Å². The molecule has 5 rings (SSSR count). The first kappa shape index (κ1) is 19.8. The molecule has 3 heterocycles. The third-order valence-corrected chi connectivity index (χ3v) is 5.44. The van der Waals surface area contributed by atoms with Crippen LogP contribution in [0.4, 0.5) is 10.2 Å². The van der Waals surface area contributed by atoms with Crippen LogP contribution in [0.15, 0.2) is 59.7 Å². The molecule has 9 heteroatoms. The number of rotatable bonds is 5. The molecule has 5 aromatic rings. The third-order valence-electron chi connectivity index (χ3n) is 5.44. The maximum Gasteiger partial charge on any atom is 0.312 e. The Morgan fingerprint density at radius 2 is 1.91 bits per heavy atom. The number of nitrogens with zero attached hydrogens (tertiary/aromatic N) is 5. The van der Waals surface area contributed by atoms with Crippen LogP contribution in [0.5, 0.6) is 0 Å². The number of nitrogens with one attached hydrogen (secondary N) is 2. The van der Waals surface area contributed by atoms with Crippen LogP contribution < -0.4 is 10.9 Å². The molecule has 0 fully saturated rings. The number of aromatic amines is 1. The fraction of sp³-hybridized carbons (Fsp3) is 0.174. The van der Waals surface area contributed by atoms with Crippen molar-refractivity contribution in [1.29, 1.82) is 0 Å². The number of halogens is 1. The Hall–Kier alpha value is -4.14. The Balaban J connectivity index is 1.74. The van der Waals surface area contributed by atoms with Crippen LogP contribution in [0.1, 0.15) is 30.8 Å². The largest absolute Gasteiger partial charge is 0.358 e. The van der Waals surface area contributed by atoms with Gasteiger partial charge in [0.25, 0.3) is 5.56 Å². The zero-order chi connectivity index (χ0) is 22.2. The summed E-state index contributed by atoms with van der Waals surface area (Å²) in [5, 5.41) is 3.82. The molecule has 32 heavy (non-hydrogen) atoms. The van der Waals surface area contributed by atoms with E-state index in [1.54, 1.807) is 4.57 Å². The summed E-state index contributed by atoms with van der Waals surface area (Å²) in [6.07, 6.45) is 1.11. The first-order valence-electron chi connectivity index (χ1n) is 10.3. The van der Waals surface area contributed by atoms with Crippen LogP contribution >= 0.6 is 0 Å². The van der Waals surface area contributed by atoms with Crippen molar-refractivity contribution >= 4 is 27.9 Å². The fourth-order valence-electron chi connectivity index (χ4n) is 3.90. The van der Waals surface area contributed by atoms with Crippen molar-refractivity contribution in [3.05, 3.63) is 82.7 Å². The van der Waals surface area contributed by atoms with Gasteiger partial charge in [0.1, 0.15) is 11.3 Å². The predicted molar refractivity (Wildman–Crippen MR) is 120 cm³/mol. The maximum absolute atomic E-state index is 14.0. The summed E-state index contributed by atoms with van der Waals surface area (Å²) in [6, 6.07) is 14.5. The number of benzene rings is 2. The molecule has 0 aliphatic heterocycles. The van der Waals surface area contributed by atoms with E-state index < -0.39 is 12.1 Å². The van der Waals surface area contributed by atoms with E-state index in [1.807, 2.05) is 62.4 Å². The number of hydrogen-bond acceptors (Lipinski definition) is 6. The van der Waals surface area contributed by atoms with Crippen molar-refractivity contribution < 1.29 is 4.39 Å². The van der Waals surface area contributed by atoms with Crippen LogP contribution in [-0.4, -0.2) is 29.5 Å². The van der Waals surface area contributed by atoms with Crippen molar-refractivity contribution in [2.45, 2.75) is 26.3 Å². The molecular formula is C23H20FN7O. The van der Waals surface area contributed by atoms with Gasteiger partial charge in [0.15, 0.2) is 11.5 Å². The number of para-hydroxylation sites is 1. The Morgan fingerprint density at radius 1 is 1.09 bits per heavy atom. The summed E-state index contributed by atoms with van der Waals surface area (Å²) < 4.78 is 15.6. The van der Waals surface area contributed by atoms with Gasteiger partial charge in [-0.3, -0.25) is 9.36 Å². The smallest absolute Gasteiger partial charge is 0.312 e. The second kappa shape index (κ2) is 7.84. The van der Waals surface area contributed by atoms with Crippen LogP contribution in [0.25, 0.3) is 27.8 Å². The minimum atomic E-state index is -0.885. The molecule has 0 saturated heterocycles. The molecule has 2 N–H and O–H groups in total. The van der Waals surface area contributed by atoms with Gasteiger partial charge in [0.05, 0.1) is 29.0 Å². The summed E-state index contributed by atoms with van der Waals surface area (Å²) in [4.78, 5) is 33.1. The molecule has 0 radical (unpaired) electrons. The van der Waals surface area contributed by atoms with Crippen molar-refractivity contribution in [3.8, 4) is 5.69 Å². The lowest BCUT2D eigenvalue weighted by molar-refractivity contribution is 0.543. The van der Waals surface area contributed by atoms with Crippen molar-refractivity contribution in [1.82, 2.24) is 29.5 Å². The number of H-pyrrole nitrogens is 1. The van der Waals surface area contributed by atoms with E-state index in [-0.39, 0.29) is 17.0 Å². The molecule has 8 nitrogen and oxygen atoms in total. The third kappa shape index (κ3) is 3.27. The number of aromatic nitrogens is 6. The SMILES string of the molecule is CCC(Nc1nc(F)nc2nc[nH]c12)c1nc2cccc(C)c2c(=O)n1-c1ccccc1. The Morgan fingerprint density at radius 3 is 2.69 bits per heavy atom. The summed E-state index contributed by atoms with van der Waals surface area (Å²) in [6.45, 7) is 3.86. The molecule has 0 spiro atoms. The normalized spacial score (nSPS) is 12.3. The van der Waals surface area contributed by atoms with Gasteiger partial charge >= 0.3 is 6.08 Å². The van der Waals surface area contributed by atoms with Crippen LogP contribution in [-0.2, 0) is 0 Å². The summed E-state index contributed by atoms with van der Waals surface area (Å²) >= 11 is 0. The zero-order valence-corrected chi connectivity index (χ0v) is 17.5. The number of fused-ring (bicyclic) bond motifs is 2. The van der Waals surface area contributed by atoms with Crippen molar-refractivity contribution in [3.63, 3.8) is 0 Å². The van der Waals surface area contributed by atoms with Gasteiger partial charge in [-0.1, -0.05) is 37.3 Å². The highest BCUT2D eigenvalue weighted by molar-refractivity contribution is 5.83. The molecule has 3 aromatic heterocycles. The average Bonchev–Trinajstić information content (AvgIpc) is 3.26. The molecule has 1 unspecified atom stereocenters. The lowest BCUT2D eigenvalue weighted by Crippen LogP contribution is -2.28. The molecule has 0 aliphatic rings. The highest BCUT2D eigenvalue weighted by Gasteiger charge is 2.22. The van der Waals surface area contributed by atoms with Crippen LogP contribution in [0.3, 0.4) is 0 Å². The van der Waals surface area contributed by atoms with Gasteiger partial charge < -0.3 is 10.3 Å². The Labute approximate surface area is 182 Å². The summed E-state index contributed by atoms with van der Waals surface area (Å²) in [5.41, 5.74) is 2.71. The number of aryl methyl sites for hydroxylation is 1. The van der Waals surface area contributed by atoms with Crippen molar-refractivity contribution in [2.24, 2.45) is 0 Å². The molecular weight excluding hydrogens is 409 g/mol.